The summed E-state index contributed by atoms with van der Waals surface area (Å²) < 4.78 is 6.35. The van der Waals surface area contributed by atoms with Gasteiger partial charge in [-0.3, -0.25) is 9.59 Å². The van der Waals surface area contributed by atoms with E-state index in [-0.39, 0.29) is 11.5 Å². The first kappa shape index (κ1) is 16.0. The van der Waals surface area contributed by atoms with Crippen molar-refractivity contribution < 1.29 is 9.32 Å². The van der Waals surface area contributed by atoms with E-state index in [1.54, 1.807) is 25.1 Å². The van der Waals surface area contributed by atoms with Crippen molar-refractivity contribution in [3.63, 3.8) is 0 Å². The number of halogens is 1. The molecule has 3 rings (SSSR count). The summed E-state index contributed by atoms with van der Waals surface area (Å²) >= 11 is 5.96. The Labute approximate surface area is 142 Å². The minimum absolute atomic E-state index is 0.205. The normalized spacial score (nSPS) is 10.6. The molecule has 24 heavy (non-hydrogen) atoms. The average Bonchev–Trinajstić information content (AvgIpc) is 2.94. The van der Waals surface area contributed by atoms with Gasteiger partial charge in [0.2, 0.25) is 0 Å². The van der Waals surface area contributed by atoms with Gasteiger partial charge in [0.1, 0.15) is 5.76 Å². The Morgan fingerprint density at radius 2 is 2.12 bits per heavy atom. The van der Waals surface area contributed by atoms with E-state index >= 15 is 0 Å². The standard InChI is InChI=1S/C17H14ClN3O3/c1-11-7-15(20-24-11)19-17(23)13-5-6-16(22)21(10-13)9-12-3-2-4-14(18)8-12/h2-8,10H,9H2,1H3,(H,19,20,23). The lowest BCUT2D eigenvalue weighted by molar-refractivity contribution is 0.102. The van der Waals surface area contributed by atoms with Crippen LogP contribution in [0.4, 0.5) is 5.82 Å². The maximum Gasteiger partial charge on any atom is 0.258 e. The quantitative estimate of drug-likeness (QED) is 0.789. The summed E-state index contributed by atoms with van der Waals surface area (Å²) in [4.78, 5) is 24.3. The monoisotopic (exact) mass is 343 g/mol. The molecule has 2 heterocycles. The molecule has 1 amide bonds. The fraction of sp³-hybridized carbons (Fsp3) is 0.118. The van der Waals surface area contributed by atoms with Crippen molar-refractivity contribution in [2.75, 3.05) is 5.32 Å². The van der Waals surface area contributed by atoms with Crippen molar-refractivity contribution >= 4 is 23.3 Å². The van der Waals surface area contributed by atoms with Gasteiger partial charge >= 0.3 is 0 Å². The second-order valence-corrected chi connectivity index (χ2v) is 5.73. The third-order valence-corrected chi connectivity index (χ3v) is 3.59. The van der Waals surface area contributed by atoms with Crippen LogP contribution < -0.4 is 10.9 Å². The highest BCUT2D eigenvalue weighted by Gasteiger charge is 2.11. The first-order valence-corrected chi connectivity index (χ1v) is 7.59. The van der Waals surface area contributed by atoms with E-state index in [0.29, 0.717) is 28.7 Å². The van der Waals surface area contributed by atoms with Gasteiger partial charge in [0.15, 0.2) is 5.82 Å². The number of benzene rings is 1. The minimum atomic E-state index is -0.372. The predicted molar refractivity (Wildman–Crippen MR) is 90.4 cm³/mol. The molecule has 1 aromatic carbocycles. The molecule has 1 N–H and O–H groups in total. The minimum Gasteiger partial charge on any atom is -0.360 e. The van der Waals surface area contributed by atoms with Crippen LogP contribution in [0.1, 0.15) is 21.7 Å². The van der Waals surface area contributed by atoms with E-state index < -0.39 is 0 Å². The Bertz CT molecular complexity index is 946. The van der Waals surface area contributed by atoms with Crippen molar-refractivity contribution in [3.05, 3.63) is 80.9 Å². The lowest BCUT2D eigenvalue weighted by Crippen LogP contribution is -2.22. The molecule has 0 saturated heterocycles. The zero-order valence-corrected chi connectivity index (χ0v) is 13.6. The number of anilines is 1. The van der Waals surface area contributed by atoms with Gasteiger partial charge in [0, 0.05) is 23.4 Å². The second kappa shape index (κ2) is 6.72. The maximum atomic E-state index is 12.3. The number of rotatable bonds is 4. The number of aryl methyl sites for hydroxylation is 1. The van der Waals surface area contributed by atoms with E-state index in [1.165, 1.54) is 22.9 Å². The highest BCUT2D eigenvalue weighted by molar-refractivity contribution is 6.30. The van der Waals surface area contributed by atoms with E-state index in [9.17, 15) is 9.59 Å². The predicted octanol–water partition coefficient (Wildman–Crippen LogP) is 3.10. The van der Waals surface area contributed by atoms with Crippen LogP contribution in [-0.4, -0.2) is 15.6 Å². The lowest BCUT2D eigenvalue weighted by atomic mass is 10.2. The molecule has 7 heteroatoms. The van der Waals surface area contributed by atoms with Crippen molar-refractivity contribution in [1.29, 1.82) is 0 Å². The first-order valence-electron chi connectivity index (χ1n) is 7.21. The smallest absolute Gasteiger partial charge is 0.258 e. The highest BCUT2D eigenvalue weighted by atomic mass is 35.5. The van der Waals surface area contributed by atoms with Gasteiger partial charge in [0.25, 0.3) is 11.5 Å². The first-order chi connectivity index (χ1) is 11.5. The molecule has 3 aromatic rings. The van der Waals surface area contributed by atoms with E-state index in [0.717, 1.165) is 5.56 Å². The number of carbonyl (C=O) groups is 1. The van der Waals surface area contributed by atoms with Crippen molar-refractivity contribution in [3.8, 4) is 0 Å². The highest BCUT2D eigenvalue weighted by Crippen LogP contribution is 2.12. The molecule has 0 aliphatic heterocycles. The fourth-order valence-electron chi connectivity index (χ4n) is 2.24. The third-order valence-electron chi connectivity index (χ3n) is 3.36. The van der Waals surface area contributed by atoms with Crippen molar-refractivity contribution in [1.82, 2.24) is 9.72 Å². The van der Waals surface area contributed by atoms with Crippen LogP contribution in [-0.2, 0) is 6.54 Å². The molecule has 0 aliphatic carbocycles. The third kappa shape index (κ3) is 3.72. The van der Waals surface area contributed by atoms with Crippen LogP contribution in [0.25, 0.3) is 0 Å². The molecule has 0 atom stereocenters. The molecule has 0 unspecified atom stereocenters. The number of hydrogen-bond donors (Lipinski definition) is 1. The SMILES string of the molecule is Cc1cc(NC(=O)c2ccc(=O)n(Cc3cccc(Cl)c3)c2)no1. The molecule has 6 nitrogen and oxygen atoms in total. The lowest BCUT2D eigenvalue weighted by Gasteiger charge is -2.08. The number of aromatic nitrogens is 2. The Balaban J connectivity index is 1.83. The number of hydrogen-bond acceptors (Lipinski definition) is 4. The summed E-state index contributed by atoms with van der Waals surface area (Å²) in [5, 5.41) is 6.92. The number of carbonyl (C=O) groups excluding carboxylic acids is 1. The van der Waals surface area contributed by atoms with Gasteiger partial charge < -0.3 is 14.4 Å². The van der Waals surface area contributed by atoms with Crippen LogP contribution in [0, 0.1) is 6.92 Å². The number of pyridine rings is 1. The zero-order chi connectivity index (χ0) is 17.1. The molecule has 0 radical (unpaired) electrons. The van der Waals surface area contributed by atoms with Gasteiger partial charge in [0.05, 0.1) is 12.1 Å². The van der Waals surface area contributed by atoms with Crippen molar-refractivity contribution in [2.45, 2.75) is 13.5 Å². The molecule has 0 fully saturated rings. The summed E-state index contributed by atoms with van der Waals surface area (Å²) in [5.74, 6) is 0.546. The molecule has 0 bridgehead atoms. The summed E-state index contributed by atoms with van der Waals surface area (Å²) in [6.07, 6.45) is 1.51. The van der Waals surface area contributed by atoms with Gasteiger partial charge in [-0.2, -0.15) is 0 Å². The average molecular weight is 344 g/mol. The number of amides is 1. The van der Waals surface area contributed by atoms with Gasteiger partial charge in [-0.05, 0) is 30.7 Å². The second-order valence-electron chi connectivity index (χ2n) is 5.29. The van der Waals surface area contributed by atoms with E-state index in [2.05, 4.69) is 10.5 Å². The molecule has 2 aromatic heterocycles. The van der Waals surface area contributed by atoms with E-state index in [1.807, 2.05) is 12.1 Å². The summed E-state index contributed by atoms with van der Waals surface area (Å²) in [6, 6.07) is 11.7. The topological polar surface area (TPSA) is 77.1 Å². The Kier molecular flexibility index (Phi) is 4.48. The van der Waals surface area contributed by atoms with Crippen LogP contribution in [0.3, 0.4) is 0 Å². The van der Waals surface area contributed by atoms with Crippen LogP contribution in [0.5, 0.6) is 0 Å². The van der Waals surface area contributed by atoms with Gasteiger partial charge in [-0.25, -0.2) is 0 Å². The largest absolute Gasteiger partial charge is 0.360 e. The van der Waals surface area contributed by atoms with Crippen LogP contribution in [0.2, 0.25) is 5.02 Å². The van der Waals surface area contributed by atoms with Crippen LogP contribution in [0.15, 0.2) is 58.0 Å². The number of nitrogens with zero attached hydrogens (tertiary/aromatic N) is 2. The molecule has 0 aliphatic rings. The Morgan fingerprint density at radius 1 is 1.29 bits per heavy atom. The molecular weight excluding hydrogens is 330 g/mol. The molecule has 0 spiro atoms. The molecule has 122 valence electrons. The van der Waals surface area contributed by atoms with Crippen LogP contribution >= 0.6 is 11.6 Å². The zero-order valence-electron chi connectivity index (χ0n) is 12.8. The fourth-order valence-corrected chi connectivity index (χ4v) is 2.45. The Morgan fingerprint density at radius 3 is 2.83 bits per heavy atom. The molecular formula is C17H14ClN3O3. The number of nitrogens with one attached hydrogen (secondary N) is 1. The van der Waals surface area contributed by atoms with Crippen molar-refractivity contribution in [2.24, 2.45) is 0 Å². The Hall–Kier alpha value is -2.86. The van der Waals surface area contributed by atoms with Gasteiger partial charge in [-0.1, -0.05) is 28.9 Å². The summed E-state index contributed by atoms with van der Waals surface area (Å²) in [5.41, 5.74) is 1.01. The maximum absolute atomic E-state index is 12.3. The van der Waals surface area contributed by atoms with E-state index in [4.69, 9.17) is 16.1 Å². The van der Waals surface area contributed by atoms with Gasteiger partial charge in [-0.15, -0.1) is 0 Å². The summed E-state index contributed by atoms with van der Waals surface area (Å²) in [7, 11) is 0. The summed E-state index contributed by atoms with van der Waals surface area (Å²) in [6.45, 7) is 2.05. The molecule has 0 saturated carbocycles.